The van der Waals surface area contributed by atoms with Gasteiger partial charge in [0.25, 0.3) is 0 Å². The number of aromatic nitrogens is 2. The third-order valence-corrected chi connectivity index (χ3v) is 3.38. The predicted octanol–water partition coefficient (Wildman–Crippen LogP) is 1.38. The molecule has 1 aliphatic heterocycles. The lowest BCUT2D eigenvalue weighted by atomic mass is 9.94. The largest absolute Gasteiger partial charge is 0.381 e. The summed E-state index contributed by atoms with van der Waals surface area (Å²) in [6.07, 6.45) is 6.00. The molecule has 0 aromatic carbocycles. The van der Waals surface area contributed by atoms with E-state index in [1.165, 1.54) is 5.56 Å². The Morgan fingerprint density at radius 3 is 2.67 bits per heavy atom. The van der Waals surface area contributed by atoms with Crippen LogP contribution in [-0.2, 0) is 4.74 Å². The van der Waals surface area contributed by atoms with Crippen molar-refractivity contribution >= 4 is 5.95 Å². The summed E-state index contributed by atoms with van der Waals surface area (Å²) in [5, 5.41) is 3.20. The molecule has 0 amide bonds. The quantitative estimate of drug-likeness (QED) is 0.826. The minimum absolute atomic E-state index is 0.434. The molecule has 1 aromatic heterocycles. The van der Waals surface area contributed by atoms with E-state index in [1.807, 2.05) is 12.4 Å². The van der Waals surface area contributed by atoms with Gasteiger partial charge in [-0.15, -0.1) is 0 Å². The minimum atomic E-state index is 0.434. The lowest BCUT2D eigenvalue weighted by Gasteiger charge is -2.21. The topological polar surface area (TPSA) is 73.1 Å². The van der Waals surface area contributed by atoms with Crippen LogP contribution in [0.25, 0.3) is 0 Å². The Kier molecular flexibility index (Phi) is 4.90. The van der Waals surface area contributed by atoms with Crippen molar-refractivity contribution in [1.29, 1.82) is 0 Å². The number of anilines is 1. The molecule has 0 aliphatic carbocycles. The van der Waals surface area contributed by atoms with Crippen LogP contribution in [-0.4, -0.2) is 36.3 Å². The Labute approximate surface area is 108 Å². The maximum absolute atomic E-state index is 5.57. The molecule has 3 N–H and O–H groups in total. The molecular weight excluding hydrogens is 228 g/mol. The molecule has 100 valence electrons. The summed E-state index contributed by atoms with van der Waals surface area (Å²) >= 11 is 0. The second-order valence-electron chi connectivity index (χ2n) is 4.95. The maximum Gasteiger partial charge on any atom is 0.222 e. The van der Waals surface area contributed by atoms with Gasteiger partial charge in [0, 0.05) is 32.2 Å². The van der Waals surface area contributed by atoms with E-state index in [-0.39, 0.29) is 0 Å². The van der Waals surface area contributed by atoms with Crippen molar-refractivity contribution in [3.8, 4) is 0 Å². The Morgan fingerprint density at radius 1 is 1.39 bits per heavy atom. The van der Waals surface area contributed by atoms with Crippen molar-refractivity contribution in [2.24, 2.45) is 11.7 Å². The van der Waals surface area contributed by atoms with Gasteiger partial charge in [-0.2, -0.15) is 0 Å². The summed E-state index contributed by atoms with van der Waals surface area (Å²) < 4.78 is 5.36. The van der Waals surface area contributed by atoms with Gasteiger partial charge in [-0.3, -0.25) is 0 Å². The number of nitrogens with zero attached hydrogens (tertiary/aromatic N) is 2. The number of hydrogen-bond acceptors (Lipinski definition) is 5. The Hall–Kier alpha value is -1.20. The Bertz CT molecular complexity index is 349. The summed E-state index contributed by atoms with van der Waals surface area (Å²) in [7, 11) is 0. The fraction of sp³-hybridized carbons (Fsp3) is 0.692. The SMILES string of the molecule is CC(CN)CNc1ncc(C2CCOCC2)cn1. The summed E-state index contributed by atoms with van der Waals surface area (Å²) in [6, 6.07) is 0. The van der Waals surface area contributed by atoms with Crippen molar-refractivity contribution in [1.82, 2.24) is 9.97 Å². The van der Waals surface area contributed by atoms with Crippen LogP contribution in [0, 0.1) is 5.92 Å². The zero-order valence-electron chi connectivity index (χ0n) is 10.9. The highest BCUT2D eigenvalue weighted by atomic mass is 16.5. The first-order chi connectivity index (χ1) is 8.79. The highest BCUT2D eigenvalue weighted by molar-refractivity contribution is 5.26. The average Bonchev–Trinajstić information content (AvgIpc) is 2.46. The highest BCUT2D eigenvalue weighted by Crippen LogP contribution is 2.25. The fourth-order valence-electron chi connectivity index (χ4n) is 2.02. The highest BCUT2D eigenvalue weighted by Gasteiger charge is 2.16. The predicted molar refractivity (Wildman–Crippen MR) is 71.5 cm³/mol. The van der Waals surface area contributed by atoms with E-state index < -0.39 is 0 Å². The smallest absolute Gasteiger partial charge is 0.222 e. The van der Waals surface area contributed by atoms with Gasteiger partial charge in [0.2, 0.25) is 5.95 Å². The lowest BCUT2D eigenvalue weighted by Crippen LogP contribution is -2.20. The molecule has 2 heterocycles. The van der Waals surface area contributed by atoms with Gasteiger partial charge in [0.15, 0.2) is 0 Å². The first-order valence-corrected chi connectivity index (χ1v) is 6.63. The first kappa shape index (κ1) is 13.2. The van der Waals surface area contributed by atoms with E-state index in [9.17, 15) is 0 Å². The first-order valence-electron chi connectivity index (χ1n) is 6.63. The number of nitrogens with two attached hydrogens (primary N) is 1. The van der Waals surface area contributed by atoms with E-state index in [0.29, 0.717) is 24.3 Å². The second-order valence-corrected chi connectivity index (χ2v) is 4.95. The molecule has 5 heteroatoms. The molecule has 1 atom stereocenters. The van der Waals surface area contributed by atoms with Crippen molar-refractivity contribution < 1.29 is 4.74 Å². The van der Waals surface area contributed by atoms with Crippen LogP contribution in [0.15, 0.2) is 12.4 Å². The third-order valence-electron chi connectivity index (χ3n) is 3.38. The van der Waals surface area contributed by atoms with Crippen LogP contribution < -0.4 is 11.1 Å². The van der Waals surface area contributed by atoms with E-state index >= 15 is 0 Å². The van der Waals surface area contributed by atoms with Crippen LogP contribution in [0.4, 0.5) is 5.95 Å². The van der Waals surface area contributed by atoms with Crippen LogP contribution in [0.5, 0.6) is 0 Å². The number of ether oxygens (including phenoxy) is 1. The monoisotopic (exact) mass is 250 g/mol. The minimum Gasteiger partial charge on any atom is -0.381 e. The van der Waals surface area contributed by atoms with Crippen LogP contribution >= 0.6 is 0 Å². The molecule has 1 fully saturated rings. The maximum atomic E-state index is 5.57. The van der Waals surface area contributed by atoms with Crippen LogP contribution in [0.1, 0.15) is 31.2 Å². The molecule has 5 nitrogen and oxygen atoms in total. The molecule has 0 spiro atoms. The number of hydrogen-bond donors (Lipinski definition) is 2. The zero-order valence-corrected chi connectivity index (χ0v) is 10.9. The van der Waals surface area contributed by atoms with Gasteiger partial charge >= 0.3 is 0 Å². The fourth-order valence-corrected chi connectivity index (χ4v) is 2.02. The van der Waals surface area contributed by atoms with Gasteiger partial charge in [-0.05, 0) is 36.8 Å². The second kappa shape index (κ2) is 6.66. The standard InChI is InChI=1S/C13H22N4O/c1-10(6-14)7-15-13-16-8-12(9-17-13)11-2-4-18-5-3-11/h8-11H,2-7,14H2,1H3,(H,15,16,17). The van der Waals surface area contributed by atoms with E-state index in [1.54, 1.807) is 0 Å². The van der Waals surface area contributed by atoms with Gasteiger partial charge in [-0.1, -0.05) is 6.92 Å². The van der Waals surface area contributed by atoms with Gasteiger partial charge < -0.3 is 15.8 Å². The van der Waals surface area contributed by atoms with Crippen molar-refractivity contribution in [3.05, 3.63) is 18.0 Å². The van der Waals surface area contributed by atoms with Gasteiger partial charge in [-0.25, -0.2) is 9.97 Å². The van der Waals surface area contributed by atoms with Gasteiger partial charge in [0.1, 0.15) is 0 Å². The van der Waals surface area contributed by atoms with Crippen LogP contribution in [0.3, 0.4) is 0 Å². The molecule has 1 aromatic rings. The van der Waals surface area contributed by atoms with Crippen molar-refractivity contribution in [3.63, 3.8) is 0 Å². The summed E-state index contributed by atoms with van der Waals surface area (Å²) in [5.41, 5.74) is 6.78. The molecule has 18 heavy (non-hydrogen) atoms. The Balaban J connectivity index is 1.88. The summed E-state index contributed by atoms with van der Waals surface area (Å²) in [4.78, 5) is 8.71. The lowest BCUT2D eigenvalue weighted by molar-refractivity contribution is 0.0852. The summed E-state index contributed by atoms with van der Waals surface area (Å²) in [6.45, 7) is 5.28. The molecule has 0 radical (unpaired) electrons. The average molecular weight is 250 g/mol. The molecule has 2 rings (SSSR count). The van der Waals surface area contributed by atoms with Gasteiger partial charge in [0.05, 0.1) is 0 Å². The zero-order chi connectivity index (χ0) is 12.8. The Morgan fingerprint density at radius 2 is 2.06 bits per heavy atom. The molecule has 1 saturated heterocycles. The van der Waals surface area contributed by atoms with Crippen molar-refractivity contribution in [2.45, 2.75) is 25.7 Å². The third kappa shape index (κ3) is 3.65. The molecule has 0 saturated carbocycles. The van der Waals surface area contributed by atoms with E-state index in [4.69, 9.17) is 10.5 Å². The normalized spacial score (nSPS) is 18.6. The van der Waals surface area contributed by atoms with E-state index in [2.05, 4.69) is 22.2 Å². The molecule has 1 unspecified atom stereocenters. The number of rotatable bonds is 5. The number of nitrogens with one attached hydrogen (secondary N) is 1. The van der Waals surface area contributed by atoms with E-state index in [0.717, 1.165) is 32.6 Å². The molecule has 0 bridgehead atoms. The van der Waals surface area contributed by atoms with Crippen LogP contribution in [0.2, 0.25) is 0 Å². The molecule has 1 aliphatic rings. The van der Waals surface area contributed by atoms with Crippen molar-refractivity contribution in [2.75, 3.05) is 31.6 Å². The molecular formula is C13H22N4O. The summed E-state index contributed by atoms with van der Waals surface area (Å²) in [5.74, 6) is 1.67.